The van der Waals surface area contributed by atoms with Gasteiger partial charge in [-0.3, -0.25) is 0 Å². The van der Waals surface area contributed by atoms with Crippen LogP contribution in [0, 0.1) is 5.92 Å². The van der Waals surface area contributed by atoms with Gasteiger partial charge in [-0.15, -0.1) is 0 Å². The van der Waals surface area contributed by atoms with Gasteiger partial charge in [0.25, 0.3) is 0 Å². The van der Waals surface area contributed by atoms with Crippen LogP contribution < -0.4 is 5.73 Å². The van der Waals surface area contributed by atoms with Crippen LogP contribution in [0.15, 0.2) is 5.16 Å². The Morgan fingerprint density at radius 3 is 2.33 bits per heavy atom. The number of rotatable bonds is 2. The molecule has 1 amide bonds. The molecule has 0 spiro atoms. The molecule has 1 saturated carbocycles. The molecule has 0 aromatic heterocycles. The van der Waals surface area contributed by atoms with Gasteiger partial charge in [-0.05, 0) is 25.7 Å². The van der Waals surface area contributed by atoms with Crippen LogP contribution in [-0.4, -0.2) is 40.2 Å². The number of oxime groups is 1. The highest BCUT2D eigenvalue weighted by Gasteiger charge is 2.28. The Morgan fingerprint density at radius 1 is 1.40 bits per heavy atom. The Balaban J connectivity index is 2.46. The number of carbonyl (C=O) groups is 1. The van der Waals surface area contributed by atoms with Gasteiger partial charge < -0.3 is 20.9 Å². The third-order valence-electron chi connectivity index (χ3n) is 3.08. The van der Waals surface area contributed by atoms with Crippen LogP contribution in [0.2, 0.25) is 0 Å². The minimum atomic E-state index is -0.901. The second-order valence-corrected chi connectivity index (χ2v) is 3.92. The van der Waals surface area contributed by atoms with Crippen LogP contribution in [0.1, 0.15) is 25.7 Å². The molecule has 1 aliphatic carbocycles. The number of nitrogens with two attached hydrogens (primary N) is 1. The number of amides is 1. The van der Waals surface area contributed by atoms with E-state index in [9.17, 15) is 4.79 Å². The Morgan fingerprint density at radius 2 is 1.93 bits per heavy atom. The molecule has 86 valence electrons. The van der Waals surface area contributed by atoms with Gasteiger partial charge in [-0.25, -0.2) is 4.79 Å². The predicted molar refractivity (Wildman–Crippen MR) is 54.9 cm³/mol. The van der Waals surface area contributed by atoms with E-state index in [0.717, 1.165) is 25.7 Å². The molecule has 6 heteroatoms. The lowest BCUT2D eigenvalue weighted by atomic mass is 9.85. The Hall–Kier alpha value is -1.46. The van der Waals surface area contributed by atoms with E-state index in [0.29, 0.717) is 0 Å². The summed E-state index contributed by atoms with van der Waals surface area (Å²) in [7, 11) is 1.58. The normalized spacial score (nSPS) is 27.4. The molecule has 1 fully saturated rings. The number of amidine groups is 1. The summed E-state index contributed by atoms with van der Waals surface area (Å²) in [5.41, 5.74) is 5.50. The number of carboxylic acid groups (broad SMARTS) is 1. The molecule has 0 aromatic carbocycles. The van der Waals surface area contributed by atoms with Crippen LogP contribution in [-0.2, 0) is 0 Å². The molecule has 0 heterocycles. The van der Waals surface area contributed by atoms with Crippen molar-refractivity contribution in [3.8, 4) is 0 Å². The second kappa shape index (κ2) is 4.86. The number of hydrogen-bond acceptors (Lipinski definition) is 3. The van der Waals surface area contributed by atoms with Crippen molar-refractivity contribution >= 4 is 11.9 Å². The van der Waals surface area contributed by atoms with Crippen LogP contribution >= 0.6 is 0 Å². The van der Waals surface area contributed by atoms with Crippen molar-refractivity contribution in [3.63, 3.8) is 0 Å². The van der Waals surface area contributed by atoms with Crippen molar-refractivity contribution < 1.29 is 15.1 Å². The monoisotopic (exact) mass is 215 g/mol. The number of hydrogen-bond donors (Lipinski definition) is 3. The standard InChI is InChI=1S/C9H17N3O3/c1-12(9(13)14)7-4-2-6(3-5-7)8(10)11-15/h6-7,15H,2-5H2,1H3,(H2,10,11)(H,13,14). The molecule has 6 nitrogen and oxygen atoms in total. The molecule has 0 unspecified atom stereocenters. The van der Waals surface area contributed by atoms with Crippen LogP contribution in [0.3, 0.4) is 0 Å². The summed E-state index contributed by atoms with van der Waals surface area (Å²) in [5, 5.41) is 20.3. The molecule has 4 N–H and O–H groups in total. The zero-order valence-corrected chi connectivity index (χ0v) is 8.76. The van der Waals surface area contributed by atoms with Gasteiger partial charge >= 0.3 is 6.09 Å². The molecule has 0 atom stereocenters. The summed E-state index contributed by atoms with van der Waals surface area (Å²) in [6.07, 6.45) is 2.19. The van der Waals surface area contributed by atoms with Gasteiger partial charge in [0.05, 0.1) is 0 Å². The Labute approximate surface area is 88.4 Å². The summed E-state index contributed by atoms with van der Waals surface area (Å²) >= 11 is 0. The van der Waals surface area contributed by atoms with Crippen molar-refractivity contribution in [2.75, 3.05) is 7.05 Å². The molecule has 0 bridgehead atoms. The molecule has 0 aromatic rings. The lowest BCUT2D eigenvalue weighted by Gasteiger charge is -2.32. The number of nitrogens with zero attached hydrogens (tertiary/aromatic N) is 2. The molecule has 0 aliphatic heterocycles. The van der Waals surface area contributed by atoms with Gasteiger partial charge in [0, 0.05) is 19.0 Å². The van der Waals surface area contributed by atoms with Gasteiger partial charge in [0.2, 0.25) is 0 Å². The highest BCUT2D eigenvalue weighted by molar-refractivity contribution is 5.82. The summed E-state index contributed by atoms with van der Waals surface area (Å²) in [4.78, 5) is 12.0. The average molecular weight is 215 g/mol. The smallest absolute Gasteiger partial charge is 0.407 e. The average Bonchev–Trinajstić information content (AvgIpc) is 2.27. The lowest BCUT2D eigenvalue weighted by molar-refractivity contribution is 0.123. The fourth-order valence-electron chi connectivity index (χ4n) is 2.00. The van der Waals surface area contributed by atoms with Crippen molar-refractivity contribution in [1.29, 1.82) is 0 Å². The molecule has 0 radical (unpaired) electrons. The third-order valence-corrected chi connectivity index (χ3v) is 3.08. The fraction of sp³-hybridized carbons (Fsp3) is 0.778. The maximum atomic E-state index is 10.7. The first-order valence-corrected chi connectivity index (χ1v) is 4.99. The zero-order valence-electron chi connectivity index (χ0n) is 8.76. The summed E-state index contributed by atoms with van der Waals surface area (Å²) in [6, 6.07) is 0.0604. The first kappa shape index (κ1) is 11.6. The van der Waals surface area contributed by atoms with Crippen LogP contribution in [0.4, 0.5) is 4.79 Å². The summed E-state index contributed by atoms with van der Waals surface area (Å²) in [5.74, 6) is 0.347. The summed E-state index contributed by atoms with van der Waals surface area (Å²) < 4.78 is 0. The van der Waals surface area contributed by atoms with Gasteiger partial charge in [0.15, 0.2) is 0 Å². The van der Waals surface area contributed by atoms with Crippen molar-refractivity contribution in [3.05, 3.63) is 0 Å². The Bertz CT molecular complexity index is 259. The Kier molecular flexibility index (Phi) is 3.76. The fourth-order valence-corrected chi connectivity index (χ4v) is 2.00. The van der Waals surface area contributed by atoms with Gasteiger partial charge in [-0.1, -0.05) is 5.16 Å². The molecule has 0 saturated heterocycles. The van der Waals surface area contributed by atoms with E-state index in [-0.39, 0.29) is 17.8 Å². The SMILES string of the molecule is CN(C(=O)O)C1CCC(C(N)=NO)CC1. The predicted octanol–water partition coefficient (Wildman–Crippen LogP) is 0.901. The van der Waals surface area contributed by atoms with Crippen LogP contribution in [0.5, 0.6) is 0 Å². The first-order valence-electron chi connectivity index (χ1n) is 4.99. The van der Waals surface area contributed by atoms with E-state index < -0.39 is 6.09 Å². The van der Waals surface area contributed by atoms with Crippen LogP contribution in [0.25, 0.3) is 0 Å². The van der Waals surface area contributed by atoms with Crippen molar-refractivity contribution in [2.45, 2.75) is 31.7 Å². The lowest BCUT2D eigenvalue weighted by Crippen LogP contribution is -2.40. The van der Waals surface area contributed by atoms with E-state index in [2.05, 4.69) is 5.16 Å². The van der Waals surface area contributed by atoms with E-state index in [1.165, 1.54) is 4.90 Å². The van der Waals surface area contributed by atoms with Crippen molar-refractivity contribution in [2.24, 2.45) is 16.8 Å². The second-order valence-electron chi connectivity index (χ2n) is 3.92. The van der Waals surface area contributed by atoms with Gasteiger partial charge in [0.1, 0.15) is 5.84 Å². The molecular weight excluding hydrogens is 198 g/mol. The zero-order chi connectivity index (χ0) is 11.4. The topological polar surface area (TPSA) is 99.2 Å². The van der Waals surface area contributed by atoms with E-state index >= 15 is 0 Å². The molecule has 1 aliphatic rings. The minimum Gasteiger partial charge on any atom is -0.465 e. The first-order chi connectivity index (χ1) is 7.06. The highest BCUT2D eigenvalue weighted by atomic mass is 16.4. The highest BCUT2D eigenvalue weighted by Crippen LogP contribution is 2.27. The largest absolute Gasteiger partial charge is 0.465 e. The third kappa shape index (κ3) is 2.74. The quantitative estimate of drug-likeness (QED) is 0.276. The molecular formula is C9H17N3O3. The molecule has 15 heavy (non-hydrogen) atoms. The van der Waals surface area contributed by atoms with Crippen molar-refractivity contribution in [1.82, 2.24) is 4.90 Å². The van der Waals surface area contributed by atoms with E-state index in [4.69, 9.17) is 16.0 Å². The van der Waals surface area contributed by atoms with E-state index in [1.807, 2.05) is 0 Å². The maximum absolute atomic E-state index is 10.7. The van der Waals surface area contributed by atoms with Gasteiger partial charge in [-0.2, -0.15) is 0 Å². The maximum Gasteiger partial charge on any atom is 0.407 e. The summed E-state index contributed by atoms with van der Waals surface area (Å²) in [6.45, 7) is 0. The minimum absolute atomic E-state index is 0.0604. The molecule has 1 rings (SSSR count). The van der Waals surface area contributed by atoms with E-state index in [1.54, 1.807) is 7.05 Å².